The van der Waals surface area contributed by atoms with Crippen LogP contribution in [0.5, 0.6) is 0 Å². The van der Waals surface area contributed by atoms with Gasteiger partial charge in [0, 0.05) is 16.2 Å². The quantitative estimate of drug-likeness (QED) is 0.708. The number of ketones is 1. The van der Waals surface area contributed by atoms with Crippen LogP contribution in [0.4, 0.5) is 0 Å². The number of rotatable bonds is 3. The van der Waals surface area contributed by atoms with Crippen LogP contribution in [0.1, 0.15) is 30.6 Å². The first kappa shape index (κ1) is 10.4. The van der Waals surface area contributed by atoms with E-state index in [1.54, 1.807) is 11.3 Å². The van der Waals surface area contributed by atoms with Crippen molar-refractivity contribution in [3.05, 3.63) is 35.2 Å². The van der Waals surface area contributed by atoms with Crippen LogP contribution in [0, 0.1) is 5.92 Å². The van der Waals surface area contributed by atoms with Crippen molar-refractivity contribution in [2.45, 2.75) is 20.3 Å². The summed E-state index contributed by atoms with van der Waals surface area (Å²) in [6.07, 6.45) is 0.903. The lowest BCUT2D eigenvalue weighted by Gasteiger charge is -2.07. The summed E-state index contributed by atoms with van der Waals surface area (Å²) < 4.78 is 1.13. The molecule has 1 aromatic heterocycles. The van der Waals surface area contributed by atoms with E-state index in [0.29, 0.717) is 0 Å². The van der Waals surface area contributed by atoms with Crippen molar-refractivity contribution in [1.29, 1.82) is 0 Å². The van der Waals surface area contributed by atoms with Gasteiger partial charge in [-0.05, 0) is 29.3 Å². The molecule has 0 saturated carbocycles. The number of fused-ring (bicyclic) bond motifs is 1. The maximum atomic E-state index is 12.1. The fourth-order valence-electron chi connectivity index (χ4n) is 1.64. The summed E-state index contributed by atoms with van der Waals surface area (Å²) in [6, 6.07) is 8.02. The summed E-state index contributed by atoms with van der Waals surface area (Å²) in [4.78, 5) is 12.1. The molecule has 1 aromatic carbocycles. The molecule has 0 spiro atoms. The molecule has 1 atom stereocenters. The number of carbonyl (C=O) groups excluding carboxylic acids is 1. The molecule has 0 N–H and O–H groups in total. The minimum Gasteiger partial charge on any atom is -0.294 e. The number of Topliss-reactive ketones (excluding diaryl/α,β-unsaturated/α-hetero) is 1. The lowest BCUT2D eigenvalue weighted by Crippen LogP contribution is -2.09. The smallest absolute Gasteiger partial charge is 0.167 e. The van der Waals surface area contributed by atoms with Crippen LogP contribution in [0.25, 0.3) is 10.1 Å². The van der Waals surface area contributed by atoms with Gasteiger partial charge in [0.05, 0.1) is 0 Å². The highest BCUT2D eigenvalue weighted by molar-refractivity contribution is 7.17. The first-order valence-corrected chi connectivity index (χ1v) is 6.12. The van der Waals surface area contributed by atoms with Crippen molar-refractivity contribution >= 4 is 27.2 Å². The second kappa shape index (κ2) is 4.15. The van der Waals surface area contributed by atoms with Gasteiger partial charge in [-0.25, -0.2) is 0 Å². The van der Waals surface area contributed by atoms with Gasteiger partial charge in [-0.3, -0.25) is 4.79 Å². The number of hydrogen-bond donors (Lipinski definition) is 0. The van der Waals surface area contributed by atoms with E-state index in [9.17, 15) is 4.79 Å². The van der Waals surface area contributed by atoms with Crippen LogP contribution in [-0.2, 0) is 0 Å². The third kappa shape index (κ3) is 1.82. The van der Waals surface area contributed by atoms with Crippen LogP contribution < -0.4 is 0 Å². The minimum absolute atomic E-state index is 0.123. The van der Waals surface area contributed by atoms with Gasteiger partial charge >= 0.3 is 0 Å². The van der Waals surface area contributed by atoms with E-state index in [1.807, 2.05) is 24.4 Å². The second-order valence-corrected chi connectivity index (χ2v) is 4.73. The van der Waals surface area contributed by atoms with E-state index >= 15 is 0 Å². The molecule has 1 nitrogen and oxygen atoms in total. The number of thiophene rings is 1. The lowest BCUT2D eigenvalue weighted by atomic mass is 9.96. The topological polar surface area (TPSA) is 17.1 Å². The largest absolute Gasteiger partial charge is 0.294 e. The van der Waals surface area contributed by atoms with E-state index in [4.69, 9.17) is 0 Å². The van der Waals surface area contributed by atoms with Crippen molar-refractivity contribution in [2.24, 2.45) is 5.92 Å². The predicted molar refractivity (Wildman–Crippen MR) is 65.6 cm³/mol. The van der Waals surface area contributed by atoms with E-state index in [1.165, 1.54) is 5.39 Å². The van der Waals surface area contributed by atoms with Gasteiger partial charge in [-0.2, -0.15) is 0 Å². The average molecular weight is 218 g/mol. The molecule has 15 heavy (non-hydrogen) atoms. The van der Waals surface area contributed by atoms with Crippen molar-refractivity contribution in [3.63, 3.8) is 0 Å². The summed E-state index contributed by atoms with van der Waals surface area (Å²) in [5.41, 5.74) is 0.886. The van der Waals surface area contributed by atoms with E-state index in [-0.39, 0.29) is 11.7 Å². The maximum Gasteiger partial charge on any atom is 0.167 e. The maximum absolute atomic E-state index is 12.1. The highest BCUT2D eigenvalue weighted by Gasteiger charge is 2.15. The van der Waals surface area contributed by atoms with Gasteiger partial charge in [0.15, 0.2) is 5.78 Å². The van der Waals surface area contributed by atoms with Crippen LogP contribution >= 0.6 is 11.3 Å². The SMILES string of the molecule is CCC(C)C(=O)c1cccc2ccsc12. The lowest BCUT2D eigenvalue weighted by molar-refractivity contribution is 0.0929. The molecular weight excluding hydrogens is 204 g/mol. The molecule has 2 heteroatoms. The Balaban J connectivity index is 2.51. The second-order valence-electron chi connectivity index (χ2n) is 3.82. The van der Waals surface area contributed by atoms with Crippen LogP contribution in [0.15, 0.2) is 29.6 Å². The molecule has 0 aliphatic heterocycles. The third-order valence-corrected chi connectivity index (χ3v) is 3.77. The zero-order valence-electron chi connectivity index (χ0n) is 8.99. The minimum atomic E-state index is 0.123. The fraction of sp³-hybridized carbons (Fsp3) is 0.308. The highest BCUT2D eigenvalue weighted by atomic mass is 32.1. The summed E-state index contributed by atoms with van der Waals surface area (Å²) in [5, 5.41) is 3.21. The molecule has 1 unspecified atom stereocenters. The Morgan fingerprint density at radius 2 is 2.20 bits per heavy atom. The Hall–Kier alpha value is -1.15. The van der Waals surface area contributed by atoms with Crippen LogP contribution in [0.2, 0.25) is 0 Å². The Morgan fingerprint density at radius 1 is 1.40 bits per heavy atom. The molecule has 0 fully saturated rings. The Labute approximate surface area is 93.7 Å². The Morgan fingerprint density at radius 3 is 2.93 bits per heavy atom. The monoisotopic (exact) mass is 218 g/mol. The first-order valence-electron chi connectivity index (χ1n) is 5.24. The van der Waals surface area contributed by atoms with E-state index in [0.717, 1.165) is 16.7 Å². The molecule has 0 saturated heterocycles. The predicted octanol–water partition coefficient (Wildman–Crippen LogP) is 4.13. The van der Waals surface area contributed by atoms with Crippen LogP contribution in [-0.4, -0.2) is 5.78 Å². The summed E-state index contributed by atoms with van der Waals surface area (Å²) in [5.74, 6) is 0.392. The number of carbonyl (C=O) groups is 1. The van der Waals surface area contributed by atoms with Gasteiger partial charge in [0.2, 0.25) is 0 Å². The third-order valence-electron chi connectivity index (χ3n) is 2.80. The standard InChI is InChI=1S/C13H14OS/c1-3-9(2)12(14)11-6-4-5-10-7-8-15-13(10)11/h4-9H,3H2,1-2H3. The summed E-state index contributed by atoms with van der Waals surface area (Å²) in [6.45, 7) is 4.05. The molecule has 0 aliphatic carbocycles. The molecule has 78 valence electrons. The van der Waals surface area contributed by atoms with Crippen molar-refractivity contribution < 1.29 is 4.79 Å². The van der Waals surface area contributed by atoms with Crippen molar-refractivity contribution in [2.75, 3.05) is 0 Å². The van der Waals surface area contributed by atoms with E-state index < -0.39 is 0 Å². The zero-order valence-corrected chi connectivity index (χ0v) is 9.80. The Bertz CT molecular complexity index is 484. The highest BCUT2D eigenvalue weighted by Crippen LogP contribution is 2.26. The number of benzene rings is 1. The van der Waals surface area contributed by atoms with Crippen molar-refractivity contribution in [1.82, 2.24) is 0 Å². The molecule has 2 rings (SSSR count). The first-order chi connectivity index (χ1) is 7.24. The molecule has 1 heterocycles. The molecule has 0 amide bonds. The van der Waals surface area contributed by atoms with Gasteiger partial charge in [0.1, 0.15) is 0 Å². The average Bonchev–Trinajstić information content (AvgIpc) is 2.74. The molecule has 0 bridgehead atoms. The van der Waals surface area contributed by atoms with Gasteiger partial charge in [-0.15, -0.1) is 11.3 Å². The zero-order chi connectivity index (χ0) is 10.8. The normalized spacial score (nSPS) is 12.9. The van der Waals surface area contributed by atoms with Crippen LogP contribution in [0.3, 0.4) is 0 Å². The van der Waals surface area contributed by atoms with Crippen molar-refractivity contribution in [3.8, 4) is 0 Å². The Kier molecular flexibility index (Phi) is 2.87. The molecular formula is C13H14OS. The summed E-state index contributed by atoms with van der Waals surface area (Å²) >= 11 is 1.65. The van der Waals surface area contributed by atoms with E-state index in [2.05, 4.69) is 19.1 Å². The molecule has 2 aromatic rings. The molecule has 0 radical (unpaired) electrons. The van der Waals surface area contributed by atoms with Gasteiger partial charge in [0.25, 0.3) is 0 Å². The van der Waals surface area contributed by atoms with Gasteiger partial charge < -0.3 is 0 Å². The fourth-order valence-corrected chi connectivity index (χ4v) is 2.56. The van der Waals surface area contributed by atoms with Gasteiger partial charge in [-0.1, -0.05) is 26.0 Å². The summed E-state index contributed by atoms with van der Waals surface area (Å²) in [7, 11) is 0. The number of hydrogen-bond acceptors (Lipinski definition) is 2. The molecule has 0 aliphatic rings.